The summed E-state index contributed by atoms with van der Waals surface area (Å²) < 4.78 is 5.35. The number of aromatic nitrogens is 1. The van der Waals surface area contributed by atoms with Gasteiger partial charge in [0.15, 0.2) is 0 Å². The fraction of sp³-hybridized carbons (Fsp3) is 0.0588. The molecule has 0 aliphatic rings. The third-order valence-corrected chi connectivity index (χ3v) is 3.30. The second kappa shape index (κ2) is 5.25. The molecule has 0 saturated heterocycles. The summed E-state index contributed by atoms with van der Waals surface area (Å²) in [5.41, 5.74) is 2.62. The average molecular weight is 279 g/mol. The molecule has 4 heteroatoms. The topological polar surface area (TPSA) is 59.4 Å². The molecule has 1 heterocycles. The molecule has 0 amide bonds. The average Bonchev–Trinajstić information content (AvgIpc) is 2.53. The van der Waals surface area contributed by atoms with E-state index in [-0.39, 0.29) is 5.56 Å². The number of rotatable bonds is 3. The molecule has 0 bridgehead atoms. The standard InChI is InChI=1S/C17H13NO3/c1-21-16-14(10-12-5-2-3-8-15(12)18-16)11-6-4-7-13(9-11)17(19)20/h2-10H,1H3,(H,19,20). The number of aromatic carboxylic acids is 1. The zero-order chi connectivity index (χ0) is 14.8. The number of pyridine rings is 1. The van der Waals surface area contributed by atoms with Crippen LogP contribution in [-0.2, 0) is 0 Å². The van der Waals surface area contributed by atoms with Gasteiger partial charge in [-0.3, -0.25) is 0 Å². The number of carbonyl (C=O) groups is 1. The SMILES string of the molecule is COc1nc2ccccc2cc1-c1cccc(C(=O)O)c1. The van der Waals surface area contributed by atoms with E-state index >= 15 is 0 Å². The molecule has 3 aromatic rings. The van der Waals surface area contributed by atoms with E-state index in [2.05, 4.69) is 4.98 Å². The first-order chi connectivity index (χ1) is 10.2. The molecule has 0 aliphatic carbocycles. The van der Waals surface area contributed by atoms with E-state index in [1.807, 2.05) is 36.4 Å². The Morgan fingerprint density at radius 2 is 1.90 bits per heavy atom. The second-order valence-corrected chi connectivity index (χ2v) is 4.62. The van der Waals surface area contributed by atoms with Gasteiger partial charge in [0, 0.05) is 10.9 Å². The van der Waals surface area contributed by atoms with Gasteiger partial charge >= 0.3 is 5.97 Å². The van der Waals surface area contributed by atoms with Crippen molar-refractivity contribution < 1.29 is 14.6 Å². The zero-order valence-electron chi connectivity index (χ0n) is 11.4. The van der Waals surface area contributed by atoms with Crippen LogP contribution < -0.4 is 4.74 Å². The van der Waals surface area contributed by atoms with Crippen molar-refractivity contribution in [3.63, 3.8) is 0 Å². The molecule has 21 heavy (non-hydrogen) atoms. The quantitative estimate of drug-likeness (QED) is 0.795. The van der Waals surface area contributed by atoms with E-state index in [1.165, 1.54) is 0 Å². The van der Waals surface area contributed by atoms with Crippen molar-refractivity contribution in [2.24, 2.45) is 0 Å². The molecule has 3 rings (SSSR count). The van der Waals surface area contributed by atoms with E-state index in [9.17, 15) is 4.79 Å². The number of carboxylic acid groups (broad SMARTS) is 1. The van der Waals surface area contributed by atoms with E-state index in [4.69, 9.17) is 9.84 Å². The van der Waals surface area contributed by atoms with Crippen LogP contribution in [0.1, 0.15) is 10.4 Å². The van der Waals surface area contributed by atoms with Gasteiger partial charge in [-0.15, -0.1) is 0 Å². The normalized spacial score (nSPS) is 10.5. The Labute approximate surface area is 121 Å². The molecular weight excluding hydrogens is 266 g/mol. The highest BCUT2D eigenvalue weighted by atomic mass is 16.5. The van der Waals surface area contributed by atoms with Crippen LogP contribution in [0, 0.1) is 0 Å². The molecule has 104 valence electrons. The molecular formula is C17H13NO3. The van der Waals surface area contributed by atoms with Crippen molar-refractivity contribution in [1.29, 1.82) is 0 Å². The van der Waals surface area contributed by atoms with E-state index in [0.29, 0.717) is 5.88 Å². The first-order valence-electron chi connectivity index (χ1n) is 6.46. The molecule has 1 aromatic heterocycles. The lowest BCUT2D eigenvalue weighted by Crippen LogP contribution is -1.97. The largest absolute Gasteiger partial charge is 0.481 e. The van der Waals surface area contributed by atoms with Gasteiger partial charge in [0.2, 0.25) is 5.88 Å². The third-order valence-electron chi connectivity index (χ3n) is 3.30. The number of benzene rings is 2. The molecule has 4 nitrogen and oxygen atoms in total. The summed E-state index contributed by atoms with van der Waals surface area (Å²) in [4.78, 5) is 15.6. The number of hydrogen-bond donors (Lipinski definition) is 1. The Morgan fingerprint density at radius 3 is 2.67 bits per heavy atom. The smallest absolute Gasteiger partial charge is 0.335 e. The van der Waals surface area contributed by atoms with Gasteiger partial charge in [0.25, 0.3) is 0 Å². The Kier molecular flexibility index (Phi) is 3.28. The maximum atomic E-state index is 11.1. The van der Waals surface area contributed by atoms with Gasteiger partial charge in [-0.1, -0.05) is 30.3 Å². The molecule has 1 N–H and O–H groups in total. The number of ether oxygens (including phenoxy) is 1. The molecule has 0 spiro atoms. The van der Waals surface area contributed by atoms with Crippen LogP contribution in [0.5, 0.6) is 5.88 Å². The third kappa shape index (κ3) is 2.43. The van der Waals surface area contributed by atoms with Crippen LogP contribution in [0.3, 0.4) is 0 Å². The van der Waals surface area contributed by atoms with Gasteiger partial charge in [-0.25, -0.2) is 9.78 Å². The lowest BCUT2D eigenvalue weighted by atomic mass is 10.0. The Balaban J connectivity index is 2.23. The highest BCUT2D eigenvalue weighted by molar-refractivity contribution is 5.91. The molecule has 0 radical (unpaired) electrons. The summed E-state index contributed by atoms with van der Waals surface area (Å²) in [5, 5.41) is 10.1. The minimum Gasteiger partial charge on any atom is -0.481 e. The Bertz CT molecular complexity index is 827. The van der Waals surface area contributed by atoms with E-state index < -0.39 is 5.97 Å². The van der Waals surface area contributed by atoms with Gasteiger partial charge < -0.3 is 9.84 Å². The van der Waals surface area contributed by atoms with E-state index in [1.54, 1.807) is 25.3 Å². The predicted molar refractivity (Wildman–Crippen MR) is 80.7 cm³/mol. The number of para-hydroxylation sites is 1. The van der Waals surface area contributed by atoms with Crippen molar-refractivity contribution in [2.75, 3.05) is 7.11 Å². The highest BCUT2D eigenvalue weighted by Gasteiger charge is 2.11. The number of carboxylic acids is 1. The summed E-state index contributed by atoms with van der Waals surface area (Å²) in [7, 11) is 1.56. The molecule has 2 aromatic carbocycles. The maximum Gasteiger partial charge on any atom is 0.335 e. The summed E-state index contributed by atoms with van der Waals surface area (Å²) in [5.74, 6) is -0.471. The lowest BCUT2D eigenvalue weighted by molar-refractivity contribution is 0.0697. The van der Waals surface area contributed by atoms with Crippen LogP contribution in [-0.4, -0.2) is 23.2 Å². The van der Waals surface area contributed by atoms with Crippen molar-refractivity contribution >= 4 is 16.9 Å². The van der Waals surface area contributed by atoms with Crippen molar-refractivity contribution in [2.45, 2.75) is 0 Å². The number of nitrogens with zero attached hydrogens (tertiary/aromatic N) is 1. The van der Waals surface area contributed by atoms with Crippen molar-refractivity contribution in [1.82, 2.24) is 4.98 Å². The van der Waals surface area contributed by atoms with Crippen LogP contribution in [0.4, 0.5) is 0 Å². The number of methoxy groups -OCH3 is 1. The number of fused-ring (bicyclic) bond motifs is 1. The summed E-state index contributed by atoms with van der Waals surface area (Å²) in [6.45, 7) is 0. The number of hydrogen-bond acceptors (Lipinski definition) is 3. The Morgan fingerprint density at radius 1 is 1.10 bits per heavy atom. The first-order valence-corrected chi connectivity index (χ1v) is 6.46. The lowest BCUT2D eigenvalue weighted by Gasteiger charge is -2.10. The van der Waals surface area contributed by atoms with E-state index in [0.717, 1.165) is 22.0 Å². The minimum atomic E-state index is -0.954. The molecule has 0 atom stereocenters. The maximum absolute atomic E-state index is 11.1. The van der Waals surface area contributed by atoms with Crippen molar-refractivity contribution in [3.05, 3.63) is 60.2 Å². The molecule has 0 fully saturated rings. The van der Waals surface area contributed by atoms with Gasteiger partial charge in [-0.2, -0.15) is 0 Å². The predicted octanol–water partition coefficient (Wildman–Crippen LogP) is 3.61. The zero-order valence-corrected chi connectivity index (χ0v) is 11.4. The summed E-state index contributed by atoms with van der Waals surface area (Å²) >= 11 is 0. The van der Waals surface area contributed by atoms with Gasteiger partial charge in [0.1, 0.15) is 0 Å². The molecule has 0 aliphatic heterocycles. The molecule has 0 unspecified atom stereocenters. The first kappa shape index (κ1) is 13.1. The van der Waals surface area contributed by atoms with Crippen LogP contribution in [0.25, 0.3) is 22.0 Å². The Hall–Kier alpha value is -2.88. The van der Waals surface area contributed by atoms with Crippen LogP contribution in [0.15, 0.2) is 54.6 Å². The minimum absolute atomic E-state index is 0.239. The molecule has 0 saturated carbocycles. The van der Waals surface area contributed by atoms with Crippen LogP contribution >= 0.6 is 0 Å². The van der Waals surface area contributed by atoms with Crippen LogP contribution in [0.2, 0.25) is 0 Å². The fourth-order valence-electron chi connectivity index (χ4n) is 2.28. The van der Waals surface area contributed by atoms with Crippen molar-refractivity contribution in [3.8, 4) is 17.0 Å². The fourth-order valence-corrected chi connectivity index (χ4v) is 2.28. The van der Waals surface area contributed by atoms with Gasteiger partial charge in [-0.05, 0) is 29.8 Å². The highest BCUT2D eigenvalue weighted by Crippen LogP contribution is 2.31. The summed E-state index contributed by atoms with van der Waals surface area (Å²) in [6, 6.07) is 16.4. The second-order valence-electron chi connectivity index (χ2n) is 4.62. The monoisotopic (exact) mass is 279 g/mol. The summed E-state index contributed by atoms with van der Waals surface area (Å²) in [6.07, 6.45) is 0. The van der Waals surface area contributed by atoms with Gasteiger partial charge in [0.05, 0.1) is 18.2 Å².